The minimum absolute atomic E-state index is 0. The van der Waals surface area contributed by atoms with Crippen molar-refractivity contribution >= 4 is 29.9 Å². The molecule has 5 nitrogen and oxygen atoms in total. The molecule has 2 heterocycles. The molecule has 1 aliphatic carbocycles. The highest BCUT2D eigenvalue weighted by Crippen LogP contribution is 2.33. The van der Waals surface area contributed by atoms with Crippen LogP contribution in [-0.2, 0) is 16.0 Å². The van der Waals surface area contributed by atoms with E-state index < -0.39 is 0 Å². The van der Waals surface area contributed by atoms with Crippen LogP contribution in [0.5, 0.6) is 0 Å². The van der Waals surface area contributed by atoms with Gasteiger partial charge in [0.1, 0.15) is 0 Å². The van der Waals surface area contributed by atoms with E-state index in [4.69, 9.17) is 0 Å². The Balaban J connectivity index is 0.00000182. The van der Waals surface area contributed by atoms with Crippen molar-refractivity contribution in [2.75, 3.05) is 18.0 Å². The highest BCUT2D eigenvalue weighted by atomic mass is 35.5. The first-order valence-electron chi connectivity index (χ1n) is 9.14. The van der Waals surface area contributed by atoms with E-state index >= 15 is 0 Å². The molecule has 3 unspecified atom stereocenters. The van der Waals surface area contributed by atoms with Crippen molar-refractivity contribution in [2.24, 2.45) is 5.92 Å². The van der Waals surface area contributed by atoms with Gasteiger partial charge >= 0.3 is 0 Å². The zero-order valence-electron chi connectivity index (χ0n) is 14.4. The number of rotatable bonds is 3. The van der Waals surface area contributed by atoms with E-state index in [2.05, 4.69) is 16.7 Å². The molecule has 3 atom stereocenters. The summed E-state index contributed by atoms with van der Waals surface area (Å²) in [6, 6.07) is 8.36. The maximum atomic E-state index is 12.5. The molecule has 0 radical (unpaired) electrons. The van der Waals surface area contributed by atoms with Crippen molar-refractivity contribution in [2.45, 2.75) is 50.6 Å². The van der Waals surface area contributed by atoms with Gasteiger partial charge in [-0.05, 0) is 43.2 Å². The third-order valence-electron chi connectivity index (χ3n) is 5.78. The van der Waals surface area contributed by atoms with Gasteiger partial charge in [0.05, 0.1) is 12.6 Å². The van der Waals surface area contributed by atoms with Crippen molar-refractivity contribution in [1.29, 1.82) is 0 Å². The summed E-state index contributed by atoms with van der Waals surface area (Å²) in [6.45, 7) is 0.792. The first-order chi connectivity index (χ1) is 11.7. The van der Waals surface area contributed by atoms with Crippen molar-refractivity contribution in [1.82, 2.24) is 10.6 Å². The Morgan fingerprint density at radius 2 is 2.00 bits per heavy atom. The standard InChI is InChI=1S/C19H25N3O2.ClH/c23-18(22-10-9-13-5-2-4-8-17(13)22)12-20-19(24)16-11-14-6-1-3-7-15(14)21-16;/h2,4-5,8,14-16,21H,1,3,6-7,9-12H2,(H,20,24);1H. The average Bonchev–Trinajstić information content (AvgIpc) is 3.23. The number of nitrogens with zero attached hydrogens (tertiary/aromatic N) is 1. The number of amides is 2. The Morgan fingerprint density at radius 3 is 2.84 bits per heavy atom. The third kappa shape index (κ3) is 3.67. The molecule has 1 saturated carbocycles. The van der Waals surface area contributed by atoms with E-state index in [1.807, 2.05) is 18.2 Å². The molecule has 3 aliphatic rings. The molecule has 2 aliphatic heterocycles. The van der Waals surface area contributed by atoms with Crippen LogP contribution in [-0.4, -0.2) is 37.0 Å². The number of halogens is 1. The summed E-state index contributed by atoms with van der Waals surface area (Å²) in [7, 11) is 0. The number of fused-ring (bicyclic) bond motifs is 2. The number of para-hydroxylation sites is 1. The Hall–Kier alpha value is -1.59. The Bertz CT molecular complexity index is 637. The van der Waals surface area contributed by atoms with Crippen molar-refractivity contribution in [3.63, 3.8) is 0 Å². The van der Waals surface area contributed by atoms with Crippen LogP contribution < -0.4 is 15.5 Å². The number of carbonyl (C=O) groups is 2. The van der Waals surface area contributed by atoms with Crippen LogP contribution in [0.1, 0.15) is 37.7 Å². The number of anilines is 1. The van der Waals surface area contributed by atoms with Crippen LogP contribution in [0.4, 0.5) is 5.69 Å². The van der Waals surface area contributed by atoms with Gasteiger partial charge in [0.2, 0.25) is 11.8 Å². The minimum atomic E-state index is -0.128. The molecule has 0 spiro atoms. The zero-order valence-corrected chi connectivity index (χ0v) is 15.2. The monoisotopic (exact) mass is 363 g/mol. The van der Waals surface area contributed by atoms with Crippen LogP contribution in [0.3, 0.4) is 0 Å². The third-order valence-corrected chi connectivity index (χ3v) is 5.78. The Morgan fingerprint density at radius 1 is 1.20 bits per heavy atom. The van der Waals surface area contributed by atoms with Crippen LogP contribution in [0, 0.1) is 5.92 Å². The number of benzene rings is 1. The van der Waals surface area contributed by atoms with E-state index in [1.54, 1.807) is 4.90 Å². The number of carbonyl (C=O) groups excluding carboxylic acids is 2. The maximum absolute atomic E-state index is 12.5. The molecule has 2 amide bonds. The lowest BCUT2D eigenvalue weighted by molar-refractivity contribution is -0.126. The molecule has 1 aromatic carbocycles. The predicted octanol–water partition coefficient (Wildman–Crippen LogP) is 2.03. The second-order valence-corrected chi connectivity index (χ2v) is 7.25. The summed E-state index contributed by atoms with van der Waals surface area (Å²) in [5.74, 6) is 0.588. The molecule has 0 aromatic heterocycles. The van der Waals surface area contributed by atoms with Gasteiger partial charge in [-0.3, -0.25) is 9.59 Å². The molecular formula is C19H26ClN3O2. The largest absolute Gasteiger partial charge is 0.346 e. The lowest BCUT2D eigenvalue weighted by atomic mass is 9.85. The highest BCUT2D eigenvalue weighted by molar-refractivity contribution is 5.98. The lowest BCUT2D eigenvalue weighted by Crippen LogP contribution is -2.46. The van der Waals surface area contributed by atoms with Crippen molar-refractivity contribution in [3.8, 4) is 0 Å². The van der Waals surface area contributed by atoms with Gasteiger partial charge in [0.15, 0.2) is 0 Å². The summed E-state index contributed by atoms with van der Waals surface area (Å²) in [6.07, 6.45) is 6.75. The molecule has 4 rings (SSSR count). The van der Waals surface area contributed by atoms with Gasteiger partial charge in [0.25, 0.3) is 0 Å². The van der Waals surface area contributed by atoms with Gasteiger partial charge < -0.3 is 15.5 Å². The minimum Gasteiger partial charge on any atom is -0.346 e. The fourth-order valence-corrected chi connectivity index (χ4v) is 4.50. The molecular weight excluding hydrogens is 338 g/mol. The summed E-state index contributed by atoms with van der Waals surface area (Å²) >= 11 is 0. The Kier molecular flexibility index (Phi) is 5.64. The molecule has 136 valence electrons. The van der Waals surface area contributed by atoms with Gasteiger partial charge in [-0.1, -0.05) is 31.0 Å². The predicted molar refractivity (Wildman–Crippen MR) is 100 cm³/mol. The SMILES string of the molecule is Cl.O=C(NCC(=O)N1CCc2ccccc21)C1CC2CCCCC2N1. The lowest BCUT2D eigenvalue weighted by Gasteiger charge is -2.24. The molecule has 2 fully saturated rings. The number of nitrogens with one attached hydrogen (secondary N) is 2. The topological polar surface area (TPSA) is 61.4 Å². The van der Waals surface area contributed by atoms with Crippen molar-refractivity contribution < 1.29 is 9.59 Å². The van der Waals surface area contributed by atoms with Gasteiger partial charge in [-0.25, -0.2) is 0 Å². The summed E-state index contributed by atoms with van der Waals surface area (Å²) in [5, 5.41) is 6.31. The molecule has 25 heavy (non-hydrogen) atoms. The van der Waals surface area contributed by atoms with E-state index in [1.165, 1.54) is 31.2 Å². The zero-order chi connectivity index (χ0) is 16.5. The fourth-order valence-electron chi connectivity index (χ4n) is 4.50. The summed E-state index contributed by atoms with van der Waals surface area (Å²) < 4.78 is 0. The maximum Gasteiger partial charge on any atom is 0.246 e. The van der Waals surface area contributed by atoms with E-state index in [0.29, 0.717) is 18.5 Å². The van der Waals surface area contributed by atoms with E-state index in [-0.39, 0.29) is 36.8 Å². The van der Waals surface area contributed by atoms with Crippen LogP contribution in [0.15, 0.2) is 24.3 Å². The van der Waals surface area contributed by atoms with Gasteiger partial charge in [-0.2, -0.15) is 0 Å². The molecule has 2 N–H and O–H groups in total. The second kappa shape index (κ2) is 7.75. The Labute approximate surface area is 154 Å². The molecule has 1 saturated heterocycles. The second-order valence-electron chi connectivity index (χ2n) is 7.25. The fraction of sp³-hybridized carbons (Fsp3) is 0.579. The van der Waals surface area contributed by atoms with Crippen LogP contribution in [0.2, 0.25) is 0 Å². The normalized spacial score (nSPS) is 27.2. The average molecular weight is 364 g/mol. The first kappa shape index (κ1) is 18.2. The van der Waals surface area contributed by atoms with Gasteiger partial charge in [-0.15, -0.1) is 12.4 Å². The number of hydrogen-bond acceptors (Lipinski definition) is 3. The smallest absolute Gasteiger partial charge is 0.246 e. The summed E-state index contributed by atoms with van der Waals surface area (Å²) in [4.78, 5) is 26.7. The molecule has 0 bridgehead atoms. The first-order valence-corrected chi connectivity index (χ1v) is 9.14. The summed E-state index contributed by atoms with van der Waals surface area (Å²) in [5.41, 5.74) is 2.19. The van der Waals surface area contributed by atoms with E-state index in [0.717, 1.165) is 18.5 Å². The van der Waals surface area contributed by atoms with Gasteiger partial charge in [0, 0.05) is 18.3 Å². The molecule has 6 heteroatoms. The number of hydrogen-bond donors (Lipinski definition) is 2. The van der Waals surface area contributed by atoms with Crippen LogP contribution in [0.25, 0.3) is 0 Å². The van der Waals surface area contributed by atoms with E-state index in [9.17, 15) is 9.59 Å². The quantitative estimate of drug-likeness (QED) is 0.863. The van der Waals surface area contributed by atoms with Crippen molar-refractivity contribution in [3.05, 3.63) is 29.8 Å². The highest BCUT2D eigenvalue weighted by Gasteiger charge is 2.38. The van der Waals surface area contributed by atoms with Crippen LogP contribution >= 0.6 is 12.4 Å². The molecule has 1 aromatic rings.